The zero-order chi connectivity index (χ0) is 99.0. The molecule has 4 N–H and O–H groups in total. The number of fused-ring (bicyclic) bond motifs is 4. The number of carbonyl (C=O) groups is 2. The third-order valence-electron chi connectivity index (χ3n) is 27.2. The zero-order valence-corrected chi connectivity index (χ0v) is 85.3. The molecule has 0 aromatic heterocycles. The highest BCUT2D eigenvalue weighted by atomic mass is 16.7. The predicted molar refractivity (Wildman–Crippen MR) is 543 cm³/mol. The summed E-state index contributed by atoms with van der Waals surface area (Å²) in [6.07, 6.45) is 30.0. The van der Waals surface area contributed by atoms with E-state index in [1.807, 2.05) is 72.5 Å². The van der Waals surface area contributed by atoms with Gasteiger partial charge in [-0.3, -0.25) is 9.59 Å². The summed E-state index contributed by atoms with van der Waals surface area (Å²) >= 11 is 0. The minimum absolute atomic E-state index is 0.0340. The molecule has 2 spiro atoms. The van der Waals surface area contributed by atoms with Crippen LogP contribution in [0.15, 0.2) is 221 Å². The number of nitrogens with zero attached hydrogens (tertiary/aromatic N) is 8. The summed E-state index contributed by atoms with van der Waals surface area (Å²) < 4.78 is 52.1. The molecule has 20 atom stereocenters. The van der Waals surface area contributed by atoms with Gasteiger partial charge in [0.25, 0.3) is 0 Å². The molecule has 6 saturated heterocycles. The Balaban J connectivity index is 0.000000184. The maximum atomic E-state index is 14.2. The van der Waals surface area contributed by atoms with Gasteiger partial charge in [0, 0.05) is 64.5 Å². The number of aliphatic hydroxyl groups excluding tert-OH is 2. The Bertz CT molecular complexity index is 4960. The molecule has 0 radical (unpaired) electrons. The number of carbonyl (C=O) groups excluding carboxylic acids is 2. The molecule has 4 aromatic carbocycles. The van der Waals surface area contributed by atoms with Crippen LogP contribution in [0.25, 0.3) is 0 Å². The van der Waals surface area contributed by atoms with Crippen molar-refractivity contribution in [3.63, 3.8) is 0 Å². The van der Waals surface area contributed by atoms with Gasteiger partial charge in [-0.15, -0.1) is 0 Å². The van der Waals surface area contributed by atoms with Crippen molar-refractivity contribution in [1.29, 1.82) is 0 Å². The van der Waals surface area contributed by atoms with Crippen molar-refractivity contribution in [3.05, 3.63) is 235 Å². The first kappa shape index (κ1) is 106. The first-order valence-electron chi connectivity index (χ1n) is 48.5. The van der Waals surface area contributed by atoms with Gasteiger partial charge in [-0.05, 0) is 226 Å². The maximum Gasteiger partial charge on any atom is 0.316 e. The number of hydrogen-bond donors (Lipinski definition) is 4. The van der Waals surface area contributed by atoms with Crippen LogP contribution in [0, 0.1) is 103 Å². The second kappa shape index (κ2) is 47.1. The van der Waals surface area contributed by atoms with Gasteiger partial charge in [0.1, 0.15) is 73.9 Å². The van der Waals surface area contributed by atoms with Gasteiger partial charge >= 0.3 is 11.9 Å². The van der Waals surface area contributed by atoms with E-state index in [2.05, 4.69) is 254 Å². The van der Waals surface area contributed by atoms with Crippen molar-refractivity contribution >= 4 is 71.5 Å². The number of aliphatic hydroxyl groups is 4. The van der Waals surface area contributed by atoms with Crippen LogP contribution in [0.3, 0.4) is 0 Å². The minimum Gasteiger partial charge on any atom is -0.462 e. The van der Waals surface area contributed by atoms with Gasteiger partial charge < -0.3 is 77.8 Å². The van der Waals surface area contributed by atoms with E-state index in [0.29, 0.717) is 85.5 Å². The molecule has 8 heterocycles. The van der Waals surface area contributed by atoms with Gasteiger partial charge in [-0.2, -0.15) is 0 Å². The van der Waals surface area contributed by atoms with Crippen molar-refractivity contribution in [2.45, 2.75) is 300 Å². The highest BCUT2D eigenvalue weighted by Gasteiger charge is 2.63. The Labute approximate surface area is 808 Å². The summed E-state index contributed by atoms with van der Waals surface area (Å²) in [6.45, 7) is 45.8. The fraction of sp³-hybridized carbons (Fsp3) is 0.536. The Hall–Kier alpha value is -9.96. The van der Waals surface area contributed by atoms with E-state index in [1.54, 1.807) is 65.6 Å². The molecule has 736 valence electrons. The average Bonchev–Trinajstić information content (AvgIpc) is 1.55. The molecule has 4 aromatic rings. The molecule has 2 aliphatic carbocycles. The maximum absolute atomic E-state index is 14.2. The van der Waals surface area contributed by atoms with Gasteiger partial charge in [-0.25, -0.2) is 20.0 Å². The van der Waals surface area contributed by atoms with Crippen molar-refractivity contribution in [2.24, 2.45) is 77.6 Å². The molecule has 0 amide bonds. The first-order valence-corrected chi connectivity index (χ1v) is 48.5. The Kier molecular flexibility index (Phi) is 36.9. The van der Waals surface area contributed by atoms with Crippen LogP contribution < -0.4 is 0 Å². The Morgan fingerprint density at radius 2 is 0.801 bits per heavy atom. The summed E-state index contributed by atoms with van der Waals surface area (Å²) in [5.74, 6) is -4.31. The van der Waals surface area contributed by atoms with E-state index in [1.165, 1.54) is 55.7 Å². The monoisotopic (exact) mass is 1870 g/mol. The fourth-order valence-electron chi connectivity index (χ4n) is 20.3. The second-order valence-electron chi connectivity index (χ2n) is 40.5. The van der Waals surface area contributed by atoms with E-state index < -0.39 is 83.2 Å². The van der Waals surface area contributed by atoms with Crippen molar-refractivity contribution in [2.75, 3.05) is 41.5 Å². The van der Waals surface area contributed by atoms with Crippen LogP contribution in [-0.2, 0) is 57.2 Å². The van der Waals surface area contributed by atoms with E-state index in [4.69, 9.17) is 47.6 Å². The van der Waals surface area contributed by atoms with E-state index in [-0.39, 0.29) is 61.3 Å². The molecular formula is C112H152N8O16. The number of rotatable bonds is 14. The van der Waals surface area contributed by atoms with Crippen LogP contribution in [-0.4, -0.2) is 204 Å². The lowest BCUT2D eigenvalue weighted by atomic mass is 9.71. The van der Waals surface area contributed by atoms with Crippen LogP contribution in [0.2, 0.25) is 0 Å². The Morgan fingerprint density at radius 1 is 0.478 bits per heavy atom. The highest BCUT2D eigenvalue weighted by Crippen LogP contribution is 2.51. The molecule has 10 aliphatic rings. The topological polar surface area (TPSA) is 288 Å². The molecule has 14 rings (SSSR count). The summed E-state index contributed by atoms with van der Waals surface area (Å²) in [5.41, 5.74) is 18.7. The largest absolute Gasteiger partial charge is 0.462 e. The zero-order valence-electron chi connectivity index (χ0n) is 85.3. The van der Waals surface area contributed by atoms with Gasteiger partial charge in [0.2, 0.25) is 0 Å². The predicted octanol–water partition coefficient (Wildman–Crippen LogP) is 21.2. The van der Waals surface area contributed by atoms with Crippen molar-refractivity contribution < 1.29 is 77.6 Å². The van der Waals surface area contributed by atoms with E-state index in [0.717, 1.165) is 58.2 Å². The highest BCUT2D eigenvalue weighted by molar-refractivity contribution is 5.89. The fourth-order valence-corrected chi connectivity index (χ4v) is 20.3. The lowest BCUT2D eigenvalue weighted by Gasteiger charge is -2.50. The lowest BCUT2D eigenvalue weighted by Crippen LogP contribution is -2.59. The molecule has 0 unspecified atom stereocenters. The Morgan fingerprint density at radius 3 is 1.10 bits per heavy atom. The average molecular weight is 1870 g/mol. The smallest absolute Gasteiger partial charge is 0.316 e. The third-order valence-corrected chi connectivity index (χ3v) is 27.2. The number of hydrogen-bond acceptors (Lipinski definition) is 22. The molecule has 6 fully saturated rings. The van der Waals surface area contributed by atoms with Crippen LogP contribution in [0.5, 0.6) is 0 Å². The summed E-state index contributed by atoms with van der Waals surface area (Å²) in [7, 11) is 6.96. The second-order valence-corrected chi connectivity index (χ2v) is 40.5. The van der Waals surface area contributed by atoms with Gasteiger partial charge in [0.15, 0.2) is 11.6 Å². The number of allylic oxidation sites excluding steroid dienone is 10. The lowest BCUT2D eigenvalue weighted by molar-refractivity contribution is -0.314. The summed E-state index contributed by atoms with van der Waals surface area (Å²) in [6, 6.07) is 25.0. The van der Waals surface area contributed by atoms with Gasteiger partial charge in [-0.1, -0.05) is 221 Å². The van der Waals surface area contributed by atoms with E-state index in [9.17, 15) is 30.0 Å². The number of ether oxygens (including phenoxy) is 8. The number of oxime groups is 2. The number of aryl methyl sites for hydroxylation is 8. The third kappa shape index (κ3) is 26.9. The molecular weight excluding hydrogens is 1710 g/mol. The normalized spacial score (nSPS) is 33.8. The number of aliphatic imine (C=N–C) groups is 4. The number of esters is 2. The molecule has 0 saturated carbocycles. The molecule has 4 bridgehead atoms. The molecule has 8 aliphatic heterocycles. The van der Waals surface area contributed by atoms with E-state index >= 15 is 0 Å². The molecule has 24 nitrogen and oxygen atoms in total. The first-order chi connectivity index (χ1) is 64.4. The van der Waals surface area contributed by atoms with Gasteiger partial charge in [0.05, 0.1) is 97.2 Å². The standard InChI is InChI=1S/2C37H53NO8.2C19H23N3/c2*1-21(2)14-25(6)33-26(7)31(38-42-8)19-36(46-33)18-29-17-28(45-36)13-12-23(4)15-22(3)10-9-11-27-20-43-34-32(39)24(5)16-30(35(40)44-29)37(27,34)41;2*1-14-6-8-18(16(3)10-14)20-12-22(5)13-21-19-9-7-15(2)11-17(19)4/h2*9-12,14,16,21-22,26,28-30,32-34,39,41H,13,15,17-20H2,1-8H3;2*6-13H,1-5H3/b2*10-9+,23-12+,25-14+,27-11+,38-31-;;/t2*22-,26-,28+,29-,30-,32+,33+,34+,36-,37+;;/m00../s1. The van der Waals surface area contributed by atoms with Crippen molar-refractivity contribution in [1.82, 2.24) is 9.80 Å². The summed E-state index contributed by atoms with van der Waals surface area (Å²) in [4.78, 5) is 60.6. The molecule has 24 heteroatoms. The minimum atomic E-state index is -1.74. The number of benzene rings is 4. The SMILES string of the molecule is CO/N=C1/C[C@]2(C[C@@H]3C[C@@H](C/C=C(\C)C[C@@H](C)/C=C/C=C4\CO[C@@H]5[C@H](O)C(C)=C[C@@H](C(=O)O3)[C@]45O)O2)O[C@H](/C(C)=C/C(C)C)[C@H]1C.CO/N=C1/C[C@]2(C[C@@H]3C[C@@H](C/C=C(\C)C[C@@H](C)/C=C/C=C4\CO[C@@H]5[C@H](O)C(C)=C[C@@H](C(=O)O3)[C@]45O)O2)O[C@H](/C(C)=C/C(C)C)[C@H]1C.Cc1ccc(N=CN(C)C=Nc2ccc(C)cc2C)c(C)c1.Cc1ccc(N=CN(C)C=Nc2ccc(C)cc2C)c(C)c1. The quantitative estimate of drug-likeness (QED) is 0.0300. The van der Waals surface area contributed by atoms with Crippen LogP contribution in [0.4, 0.5) is 22.7 Å². The van der Waals surface area contributed by atoms with Crippen LogP contribution >= 0.6 is 0 Å². The molecule has 136 heavy (non-hydrogen) atoms. The van der Waals surface area contributed by atoms with Crippen LogP contribution in [0.1, 0.15) is 206 Å². The summed E-state index contributed by atoms with van der Waals surface area (Å²) in [5, 5.41) is 55.2. The van der Waals surface area contributed by atoms with Crippen molar-refractivity contribution in [3.8, 4) is 0 Å².